The maximum absolute atomic E-state index is 11.8. The standard InChI is InChI=1S/C15H20O3/c1-10-3-5-12-13(15(12,2)9-17)7-11(8-16)4-6-14(10)18/h7-8,12-13,17H,1,3-6,9H2,2H3. The summed E-state index contributed by atoms with van der Waals surface area (Å²) in [7, 11) is 0. The fraction of sp³-hybridized carbons (Fsp3) is 0.600. The van der Waals surface area contributed by atoms with Gasteiger partial charge in [0.1, 0.15) is 6.29 Å². The average Bonchev–Trinajstić information content (AvgIpc) is 2.95. The lowest BCUT2D eigenvalue weighted by Gasteiger charge is -2.07. The molecule has 1 N–H and O–H groups in total. The molecule has 1 fully saturated rings. The topological polar surface area (TPSA) is 54.4 Å². The molecule has 2 rings (SSSR count). The van der Waals surface area contributed by atoms with E-state index in [1.54, 1.807) is 0 Å². The highest BCUT2D eigenvalue weighted by Gasteiger charge is 2.58. The molecule has 0 spiro atoms. The number of allylic oxidation sites excluding steroid dienone is 3. The van der Waals surface area contributed by atoms with E-state index in [1.165, 1.54) is 0 Å². The van der Waals surface area contributed by atoms with Gasteiger partial charge < -0.3 is 5.11 Å². The zero-order chi connectivity index (χ0) is 13.3. The maximum Gasteiger partial charge on any atom is 0.158 e. The second kappa shape index (κ2) is 4.81. The largest absolute Gasteiger partial charge is 0.396 e. The highest BCUT2D eigenvalue weighted by Crippen LogP contribution is 2.61. The van der Waals surface area contributed by atoms with Crippen LogP contribution in [-0.2, 0) is 9.59 Å². The summed E-state index contributed by atoms with van der Waals surface area (Å²) in [5.41, 5.74) is 1.22. The van der Waals surface area contributed by atoms with E-state index in [1.807, 2.05) is 13.0 Å². The normalized spacial score (nSPS) is 36.7. The molecule has 3 unspecified atom stereocenters. The number of hydrogen-bond acceptors (Lipinski definition) is 3. The molecule has 98 valence electrons. The zero-order valence-corrected chi connectivity index (χ0v) is 10.8. The van der Waals surface area contributed by atoms with Crippen molar-refractivity contribution in [1.82, 2.24) is 0 Å². The fourth-order valence-electron chi connectivity index (χ4n) is 3.05. The highest BCUT2D eigenvalue weighted by molar-refractivity contribution is 5.95. The molecule has 0 aromatic heterocycles. The van der Waals surface area contributed by atoms with Crippen LogP contribution in [0, 0.1) is 17.3 Å². The van der Waals surface area contributed by atoms with Gasteiger partial charge in [-0.05, 0) is 42.2 Å². The van der Waals surface area contributed by atoms with Gasteiger partial charge in [-0.25, -0.2) is 0 Å². The second-order valence-electron chi connectivity index (χ2n) is 5.72. The van der Waals surface area contributed by atoms with E-state index in [-0.39, 0.29) is 23.7 Å². The van der Waals surface area contributed by atoms with Gasteiger partial charge in [-0.15, -0.1) is 0 Å². The number of aliphatic hydroxyl groups is 1. The summed E-state index contributed by atoms with van der Waals surface area (Å²) >= 11 is 0. The Kier molecular flexibility index (Phi) is 3.53. The van der Waals surface area contributed by atoms with Gasteiger partial charge in [0.15, 0.2) is 5.78 Å². The number of rotatable bonds is 2. The lowest BCUT2D eigenvalue weighted by molar-refractivity contribution is -0.115. The molecule has 2 aliphatic carbocycles. The molecule has 18 heavy (non-hydrogen) atoms. The van der Waals surface area contributed by atoms with E-state index in [9.17, 15) is 14.7 Å². The minimum atomic E-state index is -0.123. The molecular formula is C15H20O3. The molecule has 3 heteroatoms. The summed E-state index contributed by atoms with van der Waals surface area (Å²) in [6, 6.07) is 0. The van der Waals surface area contributed by atoms with Crippen LogP contribution >= 0.6 is 0 Å². The summed E-state index contributed by atoms with van der Waals surface area (Å²) in [5, 5.41) is 9.49. The monoisotopic (exact) mass is 248 g/mol. The lowest BCUT2D eigenvalue weighted by Crippen LogP contribution is -2.06. The third-order valence-corrected chi connectivity index (χ3v) is 4.61. The number of carbonyl (C=O) groups excluding carboxylic acids is 2. The number of ketones is 1. The maximum atomic E-state index is 11.8. The van der Waals surface area contributed by atoms with Crippen LogP contribution in [0.1, 0.15) is 32.6 Å². The molecule has 0 saturated heterocycles. The van der Waals surface area contributed by atoms with Crippen molar-refractivity contribution in [3.63, 3.8) is 0 Å². The van der Waals surface area contributed by atoms with Gasteiger partial charge in [-0.2, -0.15) is 0 Å². The first-order valence-electron chi connectivity index (χ1n) is 6.50. The smallest absolute Gasteiger partial charge is 0.158 e. The number of carbonyl (C=O) groups is 2. The third kappa shape index (κ3) is 2.19. The van der Waals surface area contributed by atoms with Crippen LogP contribution in [0.3, 0.4) is 0 Å². The summed E-state index contributed by atoms with van der Waals surface area (Å²) in [6.45, 7) is 6.00. The van der Waals surface area contributed by atoms with Gasteiger partial charge in [0.25, 0.3) is 0 Å². The molecule has 1 saturated carbocycles. The number of fused-ring (bicyclic) bond motifs is 1. The van der Waals surface area contributed by atoms with Crippen LogP contribution in [-0.4, -0.2) is 23.8 Å². The number of aldehydes is 1. The Balaban J connectivity index is 2.23. The van der Waals surface area contributed by atoms with Crippen molar-refractivity contribution in [2.45, 2.75) is 32.6 Å². The van der Waals surface area contributed by atoms with Crippen LogP contribution in [0.5, 0.6) is 0 Å². The number of Topliss-reactive ketones (excluding diaryl/α,β-unsaturated/α-hetero) is 1. The van der Waals surface area contributed by atoms with Crippen molar-refractivity contribution < 1.29 is 14.7 Å². The minimum Gasteiger partial charge on any atom is -0.396 e. The zero-order valence-electron chi connectivity index (χ0n) is 10.8. The molecule has 0 aromatic carbocycles. The highest BCUT2D eigenvalue weighted by atomic mass is 16.3. The Morgan fingerprint density at radius 3 is 2.83 bits per heavy atom. The first-order chi connectivity index (χ1) is 8.52. The molecule has 0 aliphatic heterocycles. The van der Waals surface area contributed by atoms with Crippen LogP contribution in [0.15, 0.2) is 23.8 Å². The van der Waals surface area contributed by atoms with E-state index < -0.39 is 0 Å². The predicted octanol–water partition coefficient (Wildman–Crippen LogP) is 2.06. The third-order valence-electron chi connectivity index (χ3n) is 4.61. The number of aliphatic hydroxyl groups excluding tert-OH is 1. The Bertz CT molecular complexity index is 421. The molecular weight excluding hydrogens is 228 g/mol. The molecule has 0 aromatic rings. The Morgan fingerprint density at radius 2 is 2.22 bits per heavy atom. The van der Waals surface area contributed by atoms with Gasteiger partial charge in [-0.1, -0.05) is 19.6 Å². The molecule has 3 nitrogen and oxygen atoms in total. The van der Waals surface area contributed by atoms with Gasteiger partial charge in [0, 0.05) is 18.4 Å². The predicted molar refractivity (Wildman–Crippen MR) is 68.9 cm³/mol. The molecule has 0 radical (unpaired) electrons. The Hall–Kier alpha value is -1.22. The van der Waals surface area contributed by atoms with Crippen LogP contribution in [0.4, 0.5) is 0 Å². The summed E-state index contributed by atoms with van der Waals surface area (Å²) in [4.78, 5) is 22.8. The van der Waals surface area contributed by atoms with Crippen LogP contribution < -0.4 is 0 Å². The molecule has 0 bridgehead atoms. The summed E-state index contributed by atoms with van der Waals surface area (Å²) < 4.78 is 0. The molecule has 3 atom stereocenters. The van der Waals surface area contributed by atoms with Gasteiger partial charge in [-0.3, -0.25) is 9.59 Å². The lowest BCUT2D eigenvalue weighted by atomic mass is 9.97. The van der Waals surface area contributed by atoms with Crippen molar-refractivity contribution in [3.8, 4) is 0 Å². The minimum absolute atomic E-state index is 0.0625. The SMILES string of the molecule is C=C1CCC2C(C=C(C=O)CCC1=O)C2(C)CO. The number of hydrogen-bond donors (Lipinski definition) is 1. The quantitative estimate of drug-likeness (QED) is 0.601. The summed E-state index contributed by atoms with van der Waals surface area (Å²) in [6.07, 6.45) is 5.25. The van der Waals surface area contributed by atoms with E-state index in [2.05, 4.69) is 6.58 Å². The molecule has 0 heterocycles. The molecule has 0 amide bonds. The average molecular weight is 248 g/mol. The fourth-order valence-corrected chi connectivity index (χ4v) is 3.05. The van der Waals surface area contributed by atoms with Gasteiger partial charge in [0.05, 0.1) is 0 Å². The van der Waals surface area contributed by atoms with Crippen molar-refractivity contribution in [3.05, 3.63) is 23.8 Å². The van der Waals surface area contributed by atoms with Crippen molar-refractivity contribution in [1.29, 1.82) is 0 Å². The Labute approximate surface area is 108 Å². The van der Waals surface area contributed by atoms with E-state index >= 15 is 0 Å². The van der Waals surface area contributed by atoms with Crippen molar-refractivity contribution in [2.75, 3.05) is 6.61 Å². The van der Waals surface area contributed by atoms with E-state index in [0.29, 0.717) is 36.3 Å². The Morgan fingerprint density at radius 1 is 1.50 bits per heavy atom. The van der Waals surface area contributed by atoms with E-state index in [0.717, 1.165) is 12.7 Å². The first kappa shape index (κ1) is 13.2. The van der Waals surface area contributed by atoms with Crippen LogP contribution in [0.25, 0.3) is 0 Å². The van der Waals surface area contributed by atoms with Crippen molar-refractivity contribution in [2.24, 2.45) is 17.3 Å². The van der Waals surface area contributed by atoms with Gasteiger partial charge in [0.2, 0.25) is 0 Å². The van der Waals surface area contributed by atoms with Crippen LogP contribution in [0.2, 0.25) is 0 Å². The van der Waals surface area contributed by atoms with Crippen molar-refractivity contribution >= 4 is 12.1 Å². The van der Waals surface area contributed by atoms with E-state index in [4.69, 9.17) is 0 Å². The summed E-state index contributed by atoms with van der Waals surface area (Å²) in [5.74, 6) is 0.691. The first-order valence-corrected chi connectivity index (χ1v) is 6.50. The molecule has 2 aliphatic rings. The van der Waals surface area contributed by atoms with Gasteiger partial charge >= 0.3 is 0 Å². The second-order valence-corrected chi connectivity index (χ2v) is 5.72.